The average molecular weight is 421 g/mol. The molecule has 3 heterocycles. The van der Waals surface area contributed by atoms with Gasteiger partial charge in [0.25, 0.3) is 0 Å². The Morgan fingerprint density at radius 1 is 1.16 bits per heavy atom. The minimum atomic E-state index is 0.164. The standard InChI is InChI=1S/C24H28N4O3/c1-17-5-4-6-23(25-17)31-16-21-20-15-28(14-13-22(20)27(2)26-21)24(29)12-9-18-7-10-19(30-3)11-8-18/h4-8,10-11H,9,12-16H2,1-3H3. The lowest BCUT2D eigenvalue weighted by atomic mass is 10.0. The normalized spacial score (nSPS) is 13.1. The molecule has 1 aliphatic heterocycles. The summed E-state index contributed by atoms with van der Waals surface area (Å²) in [6.45, 7) is 3.57. The molecular weight excluding hydrogens is 392 g/mol. The van der Waals surface area contributed by atoms with Crippen molar-refractivity contribution in [3.05, 3.63) is 70.7 Å². The molecule has 0 atom stereocenters. The van der Waals surface area contributed by atoms with Gasteiger partial charge < -0.3 is 14.4 Å². The Labute approximate surface area is 182 Å². The zero-order valence-corrected chi connectivity index (χ0v) is 18.3. The zero-order valence-electron chi connectivity index (χ0n) is 18.3. The van der Waals surface area contributed by atoms with Crippen LogP contribution >= 0.6 is 0 Å². The van der Waals surface area contributed by atoms with Crippen LogP contribution in [0.2, 0.25) is 0 Å². The number of fused-ring (bicyclic) bond motifs is 1. The highest BCUT2D eigenvalue weighted by atomic mass is 16.5. The van der Waals surface area contributed by atoms with Crippen molar-refractivity contribution in [2.24, 2.45) is 7.05 Å². The van der Waals surface area contributed by atoms with Crippen molar-refractivity contribution in [2.45, 2.75) is 39.3 Å². The Bertz CT molecular complexity index is 1060. The third-order valence-corrected chi connectivity index (χ3v) is 5.68. The third-order valence-electron chi connectivity index (χ3n) is 5.68. The fraction of sp³-hybridized carbons (Fsp3) is 0.375. The van der Waals surface area contributed by atoms with Gasteiger partial charge in [0.2, 0.25) is 11.8 Å². The number of aryl methyl sites for hydroxylation is 3. The van der Waals surface area contributed by atoms with Crippen molar-refractivity contribution in [3.63, 3.8) is 0 Å². The van der Waals surface area contributed by atoms with Crippen molar-refractivity contribution in [1.29, 1.82) is 0 Å². The van der Waals surface area contributed by atoms with Crippen molar-refractivity contribution in [2.75, 3.05) is 13.7 Å². The quantitative estimate of drug-likeness (QED) is 0.587. The zero-order chi connectivity index (χ0) is 21.8. The number of nitrogens with zero attached hydrogens (tertiary/aromatic N) is 4. The van der Waals surface area contributed by atoms with E-state index in [0.717, 1.165) is 34.7 Å². The molecule has 0 N–H and O–H groups in total. The molecule has 31 heavy (non-hydrogen) atoms. The van der Waals surface area contributed by atoms with E-state index in [4.69, 9.17) is 9.47 Å². The fourth-order valence-electron chi connectivity index (χ4n) is 3.94. The molecule has 3 aromatic rings. The lowest BCUT2D eigenvalue weighted by molar-refractivity contribution is -0.132. The van der Waals surface area contributed by atoms with Crippen LogP contribution in [0.5, 0.6) is 11.6 Å². The summed E-state index contributed by atoms with van der Waals surface area (Å²) in [6, 6.07) is 13.6. The highest BCUT2D eigenvalue weighted by Gasteiger charge is 2.26. The van der Waals surface area contributed by atoms with Crippen molar-refractivity contribution < 1.29 is 14.3 Å². The first-order chi connectivity index (χ1) is 15.0. The van der Waals surface area contributed by atoms with Gasteiger partial charge in [-0.1, -0.05) is 18.2 Å². The van der Waals surface area contributed by atoms with Crippen LogP contribution in [-0.2, 0) is 37.8 Å². The lowest BCUT2D eigenvalue weighted by Gasteiger charge is -2.28. The molecule has 0 saturated heterocycles. The number of hydrogen-bond acceptors (Lipinski definition) is 5. The first-order valence-electron chi connectivity index (χ1n) is 10.5. The number of carbonyl (C=O) groups is 1. The summed E-state index contributed by atoms with van der Waals surface area (Å²) >= 11 is 0. The summed E-state index contributed by atoms with van der Waals surface area (Å²) in [5, 5.41) is 4.65. The fourth-order valence-corrected chi connectivity index (χ4v) is 3.94. The van der Waals surface area contributed by atoms with Gasteiger partial charge in [-0.05, 0) is 37.1 Å². The van der Waals surface area contributed by atoms with Gasteiger partial charge in [0.15, 0.2) is 0 Å². The Morgan fingerprint density at radius 2 is 1.97 bits per heavy atom. The number of benzene rings is 1. The first-order valence-corrected chi connectivity index (χ1v) is 10.5. The van der Waals surface area contributed by atoms with Crippen LogP contribution in [0, 0.1) is 6.92 Å². The third kappa shape index (κ3) is 4.87. The molecule has 1 aromatic carbocycles. The monoisotopic (exact) mass is 420 g/mol. The number of carbonyl (C=O) groups excluding carboxylic acids is 1. The Balaban J connectivity index is 1.39. The van der Waals surface area contributed by atoms with Crippen molar-refractivity contribution >= 4 is 5.91 Å². The highest BCUT2D eigenvalue weighted by Crippen LogP contribution is 2.24. The number of rotatable bonds is 7. The second kappa shape index (κ2) is 9.20. The summed E-state index contributed by atoms with van der Waals surface area (Å²) in [7, 11) is 3.60. The van der Waals surface area contributed by atoms with E-state index in [1.54, 1.807) is 7.11 Å². The molecule has 0 aliphatic carbocycles. The topological polar surface area (TPSA) is 69.5 Å². The van der Waals surface area contributed by atoms with E-state index < -0.39 is 0 Å². The molecule has 0 radical (unpaired) electrons. The lowest BCUT2D eigenvalue weighted by Crippen LogP contribution is -2.36. The predicted octanol–water partition coefficient (Wildman–Crippen LogP) is 3.23. The number of ether oxygens (including phenoxy) is 2. The summed E-state index contributed by atoms with van der Waals surface area (Å²) < 4.78 is 13.0. The van der Waals surface area contributed by atoms with Gasteiger partial charge in [0.1, 0.15) is 18.1 Å². The van der Waals surface area contributed by atoms with Crippen molar-refractivity contribution in [3.8, 4) is 11.6 Å². The molecule has 0 unspecified atom stereocenters. The summed E-state index contributed by atoms with van der Waals surface area (Å²) in [5.41, 5.74) is 5.19. The van der Waals surface area contributed by atoms with E-state index in [2.05, 4.69) is 10.1 Å². The first kappa shape index (κ1) is 20.9. The summed E-state index contributed by atoms with van der Waals surface area (Å²) in [5.74, 6) is 1.58. The molecule has 4 rings (SSSR count). The largest absolute Gasteiger partial charge is 0.497 e. The molecule has 2 aromatic heterocycles. The molecule has 0 spiro atoms. The molecule has 0 bridgehead atoms. The van der Waals surface area contributed by atoms with Crippen LogP contribution in [-0.4, -0.2) is 39.2 Å². The minimum Gasteiger partial charge on any atom is -0.497 e. The molecule has 0 saturated carbocycles. The van der Waals surface area contributed by atoms with E-state index in [9.17, 15) is 4.79 Å². The van der Waals surface area contributed by atoms with Gasteiger partial charge in [-0.15, -0.1) is 0 Å². The number of methoxy groups -OCH3 is 1. The van der Waals surface area contributed by atoms with Crippen LogP contribution in [0.1, 0.15) is 34.6 Å². The number of aromatic nitrogens is 3. The van der Waals surface area contributed by atoms with Gasteiger partial charge >= 0.3 is 0 Å². The molecular formula is C24H28N4O3. The van der Waals surface area contributed by atoms with Crippen LogP contribution in [0.25, 0.3) is 0 Å². The Hall–Kier alpha value is -3.35. The molecule has 7 heteroatoms. The van der Waals surface area contributed by atoms with E-state index >= 15 is 0 Å². The number of pyridine rings is 1. The van der Waals surface area contributed by atoms with Gasteiger partial charge in [0, 0.05) is 56.0 Å². The van der Waals surface area contributed by atoms with Gasteiger partial charge in [-0.2, -0.15) is 5.10 Å². The van der Waals surface area contributed by atoms with Crippen LogP contribution < -0.4 is 9.47 Å². The second-order valence-electron chi connectivity index (χ2n) is 7.81. The van der Waals surface area contributed by atoms with Gasteiger partial charge in [-0.3, -0.25) is 9.48 Å². The second-order valence-corrected chi connectivity index (χ2v) is 7.81. The van der Waals surface area contributed by atoms with Crippen LogP contribution in [0.15, 0.2) is 42.5 Å². The maximum absolute atomic E-state index is 12.9. The molecule has 162 valence electrons. The molecule has 0 fully saturated rings. The SMILES string of the molecule is COc1ccc(CCC(=O)N2CCc3c(c(COc4cccc(C)n4)nn3C)C2)cc1. The molecule has 1 amide bonds. The molecule has 7 nitrogen and oxygen atoms in total. The van der Waals surface area contributed by atoms with E-state index in [1.165, 1.54) is 5.69 Å². The Morgan fingerprint density at radius 3 is 2.71 bits per heavy atom. The average Bonchev–Trinajstić information content (AvgIpc) is 3.11. The van der Waals surface area contributed by atoms with Crippen LogP contribution in [0.4, 0.5) is 0 Å². The smallest absolute Gasteiger partial charge is 0.223 e. The van der Waals surface area contributed by atoms with Crippen molar-refractivity contribution in [1.82, 2.24) is 19.7 Å². The summed E-state index contributed by atoms with van der Waals surface area (Å²) in [6.07, 6.45) is 2.00. The highest BCUT2D eigenvalue weighted by molar-refractivity contribution is 5.76. The van der Waals surface area contributed by atoms with Crippen LogP contribution in [0.3, 0.4) is 0 Å². The van der Waals surface area contributed by atoms with E-state index in [0.29, 0.717) is 38.4 Å². The van der Waals surface area contributed by atoms with Gasteiger partial charge in [-0.25, -0.2) is 4.98 Å². The maximum Gasteiger partial charge on any atom is 0.223 e. The minimum absolute atomic E-state index is 0.164. The maximum atomic E-state index is 12.9. The van der Waals surface area contributed by atoms with Gasteiger partial charge in [0.05, 0.1) is 7.11 Å². The Kier molecular flexibility index (Phi) is 6.21. The summed E-state index contributed by atoms with van der Waals surface area (Å²) in [4.78, 5) is 19.2. The molecule has 1 aliphatic rings. The number of hydrogen-bond donors (Lipinski definition) is 0. The van der Waals surface area contributed by atoms with E-state index in [1.807, 2.05) is 66.0 Å². The number of amides is 1. The predicted molar refractivity (Wildman–Crippen MR) is 117 cm³/mol. The van der Waals surface area contributed by atoms with E-state index in [-0.39, 0.29) is 5.91 Å².